The van der Waals surface area contributed by atoms with Gasteiger partial charge in [0.25, 0.3) is 5.69 Å². The van der Waals surface area contributed by atoms with Gasteiger partial charge >= 0.3 is 0 Å². The number of carbonyl (C=O) groups is 2. The van der Waals surface area contributed by atoms with E-state index in [0.717, 1.165) is 0 Å². The molecule has 0 bridgehead atoms. The highest BCUT2D eigenvalue weighted by atomic mass is 16.6. The molecule has 1 aromatic carbocycles. The van der Waals surface area contributed by atoms with E-state index in [1.165, 1.54) is 13.0 Å². The van der Waals surface area contributed by atoms with Crippen LogP contribution in [0, 0.1) is 10.1 Å². The van der Waals surface area contributed by atoms with Gasteiger partial charge in [-0.1, -0.05) is 12.1 Å². The highest BCUT2D eigenvalue weighted by Crippen LogP contribution is 2.22. The zero-order chi connectivity index (χ0) is 14.3. The summed E-state index contributed by atoms with van der Waals surface area (Å²) in [6.07, 6.45) is 0.734. The Balaban J connectivity index is 2.43. The van der Waals surface area contributed by atoms with Crippen LogP contribution in [-0.4, -0.2) is 23.0 Å². The van der Waals surface area contributed by atoms with E-state index < -0.39 is 4.92 Å². The Bertz CT molecular complexity index is 485. The SMILES string of the molecule is CC(=O)CCC(=O)CCNc1ccccc1[N+](=O)[O-]. The van der Waals surface area contributed by atoms with Gasteiger partial charge in [-0.3, -0.25) is 14.9 Å². The van der Waals surface area contributed by atoms with Crippen molar-refractivity contribution in [2.24, 2.45) is 0 Å². The predicted octanol–water partition coefficient (Wildman–Crippen LogP) is 2.34. The van der Waals surface area contributed by atoms with E-state index in [1.54, 1.807) is 18.2 Å². The van der Waals surface area contributed by atoms with Gasteiger partial charge in [0, 0.05) is 31.9 Å². The van der Waals surface area contributed by atoms with Crippen LogP contribution < -0.4 is 5.32 Å². The van der Waals surface area contributed by atoms with Crippen molar-refractivity contribution >= 4 is 22.9 Å². The summed E-state index contributed by atoms with van der Waals surface area (Å²) in [6, 6.07) is 6.27. The van der Waals surface area contributed by atoms with Gasteiger partial charge in [0.2, 0.25) is 0 Å². The third-order valence-corrected chi connectivity index (χ3v) is 2.58. The minimum atomic E-state index is -0.472. The van der Waals surface area contributed by atoms with Gasteiger partial charge in [0.1, 0.15) is 17.3 Å². The lowest BCUT2D eigenvalue weighted by Gasteiger charge is -2.06. The fourth-order valence-corrected chi connectivity index (χ4v) is 1.56. The molecule has 0 atom stereocenters. The van der Waals surface area contributed by atoms with Crippen LogP contribution in [0.25, 0.3) is 0 Å². The maximum Gasteiger partial charge on any atom is 0.292 e. The lowest BCUT2D eigenvalue weighted by atomic mass is 10.1. The van der Waals surface area contributed by atoms with Crippen LogP contribution in [0.3, 0.4) is 0 Å². The van der Waals surface area contributed by atoms with E-state index >= 15 is 0 Å². The van der Waals surface area contributed by atoms with Crippen molar-refractivity contribution in [3.05, 3.63) is 34.4 Å². The average Bonchev–Trinajstić information content (AvgIpc) is 2.36. The summed E-state index contributed by atoms with van der Waals surface area (Å²) in [5.41, 5.74) is 0.380. The number of nitrogens with one attached hydrogen (secondary N) is 1. The maximum atomic E-state index is 11.4. The van der Waals surface area contributed by atoms with Gasteiger partial charge in [0.15, 0.2) is 0 Å². The van der Waals surface area contributed by atoms with Crippen molar-refractivity contribution in [1.29, 1.82) is 0 Å². The molecule has 0 aliphatic rings. The molecule has 6 heteroatoms. The Morgan fingerprint density at radius 2 is 1.89 bits per heavy atom. The van der Waals surface area contributed by atoms with Gasteiger partial charge < -0.3 is 10.1 Å². The normalized spacial score (nSPS) is 9.95. The number of benzene rings is 1. The number of anilines is 1. The molecule has 0 heterocycles. The van der Waals surface area contributed by atoms with Crippen LogP contribution in [0.4, 0.5) is 11.4 Å². The number of ketones is 2. The summed E-state index contributed by atoms with van der Waals surface area (Å²) in [5.74, 6) is -0.0405. The zero-order valence-electron chi connectivity index (χ0n) is 10.7. The highest BCUT2D eigenvalue weighted by Gasteiger charge is 2.12. The fraction of sp³-hybridized carbons (Fsp3) is 0.385. The number of hydrogen-bond acceptors (Lipinski definition) is 5. The first-order valence-electron chi connectivity index (χ1n) is 5.99. The lowest BCUT2D eigenvalue weighted by Crippen LogP contribution is -2.10. The van der Waals surface area contributed by atoms with Gasteiger partial charge in [-0.2, -0.15) is 0 Å². The van der Waals surface area contributed by atoms with Gasteiger partial charge in [0.05, 0.1) is 4.92 Å². The first-order valence-corrected chi connectivity index (χ1v) is 5.99. The van der Waals surface area contributed by atoms with Crippen LogP contribution in [0.1, 0.15) is 26.2 Å². The monoisotopic (exact) mass is 264 g/mol. The second-order valence-electron chi connectivity index (χ2n) is 4.19. The third-order valence-electron chi connectivity index (χ3n) is 2.58. The Morgan fingerprint density at radius 3 is 2.53 bits per heavy atom. The molecule has 0 amide bonds. The van der Waals surface area contributed by atoms with E-state index in [2.05, 4.69) is 5.32 Å². The number of rotatable bonds is 8. The molecule has 0 saturated carbocycles. The van der Waals surface area contributed by atoms with E-state index in [9.17, 15) is 19.7 Å². The molecule has 0 fully saturated rings. The van der Waals surface area contributed by atoms with E-state index in [1.807, 2.05) is 0 Å². The molecule has 1 aromatic rings. The Kier molecular flexibility index (Phi) is 5.66. The summed E-state index contributed by atoms with van der Waals surface area (Å²) < 4.78 is 0. The molecule has 6 nitrogen and oxygen atoms in total. The van der Waals surface area contributed by atoms with Crippen LogP contribution >= 0.6 is 0 Å². The molecule has 102 valence electrons. The molecular formula is C13H16N2O4. The molecule has 1 rings (SSSR count). The Labute approximate surface area is 111 Å². The number of nitro groups is 1. The number of para-hydroxylation sites is 2. The van der Waals surface area contributed by atoms with Crippen molar-refractivity contribution in [2.75, 3.05) is 11.9 Å². The number of nitro benzene ring substituents is 1. The topological polar surface area (TPSA) is 89.3 Å². The molecule has 0 spiro atoms. The summed E-state index contributed by atoms with van der Waals surface area (Å²) in [4.78, 5) is 32.4. The van der Waals surface area contributed by atoms with Crippen molar-refractivity contribution < 1.29 is 14.5 Å². The van der Waals surface area contributed by atoms with Crippen LogP contribution in [0.5, 0.6) is 0 Å². The summed E-state index contributed by atoms with van der Waals surface area (Å²) in [5, 5.41) is 13.6. The molecular weight excluding hydrogens is 248 g/mol. The smallest absolute Gasteiger partial charge is 0.292 e. The summed E-state index contributed by atoms with van der Waals surface area (Å²) >= 11 is 0. The van der Waals surface area contributed by atoms with Gasteiger partial charge in [-0.15, -0.1) is 0 Å². The van der Waals surface area contributed by atoms with E-state index in [0.29, 0.717) is 12.2 Å². The van der Waals surface area contributed by atoms with Crippen molar-refractivity contribution in [1.82, 2.24) is 0 Å². The minimum absolute atomic E-state index is 0.0139. The Hall–Kier alpha value is -2.24. The minimum Gasteiger partial charge on any atom is -0.379 e. The molecule has 19 heavy (non-hydrogen) atoms. The fourth-order valence-electron chi connectivity index (χ4n) is 1.56. The quantitative estimate of drug-likeness (QED) is 0.575. The van der Waals surface area contributed by atoms with E-state index in [4.69, 9.17) is 0 Å². The van der Waals surface area contributed by atoms with Crippen molar-refractivity contribution in [3.63, 3.8) is 0 Å². The van der Waals surface area contributed by atoms with Crippen molar-refractivity contribution in [2.45, 2.75) is 26.2 Å². The lowest BCUT2D eigenvalue weighted by molar-refractivity contribution is -0.384. The zero-order valence-corrected chi connectivity index (χ0v) is 10.7. The molecule has 0 aliphatic heterocycles. The third kappa shape index (κ3) is 5.29. The van der Waals surface area contributed by atoms with Gasteiger partial charge in [-0.25, -0.2) is 0 Å². The van der Waals surface area contributed by atoms with Gasteiger partial charge in [-0.05, 0) is 13.0 Å². The first kappa shape index (κ1) is 14.8. The van der Waals surface area contributed by atoms with Crippen LogP contribution in [0.2, 0.25) is 0 Å². The average molecular weight is 264 g/mol. The maximum absolute atomic E-state index is 11.4. The number of hydrogen-bond donors (Lipinski definition) is 1. The predicted molar refractivity (Wildman–Crippen MR) is 71.1 cm³/mol. The molecule has 0 aromatic heterocycles. The first-order chi connectivity index (χ1) is 9.00. The Morgan fingerprint density at radius 1 is 1.21 bits per heavy atom. The largest absolute Gasteiger partial charge is 0.379 e. The number of carbonyl (C=O) groups excluding carboxylic acids is 2. The van der Waals surface area contributed by atoms with Crippen LogP contribution in [0.15, 0.2) is 24.3 Å². The second kappa shape index (κ2) is 7.25. The summed E-state index contributed by atoms with van der Waals surface area (Å²) in [7, 11) is 0. The molecule has 0 radical (unpaired) electrons. The highest BCUT2D eigenvalue weighted by molar-refractivity contribution is 5.85. The standard InChI is InChI=1S/C13H16N2O4/c1-10(16)6-7-11(17)8-9-14-12-4-2-3-5-13(12)15(18)19/h2-5,14H,6-9H2,1H3. The second-order valence-corrected chi connectivity index (χ2v) is 4.19. The number of nitrogens with zero attached hydrogens (tertiary/aromatic N) is 1. The summed E-state index contributed by atoms with van der Waals surface area (Å²) in [6.45, 7) is 1.76. The molecule has 1 N–H and O–H groups in total. The molecule has 0 unspecified atom stereocenters. The van der Waals surface area contributed by atoms with E-state index in [-0.39, 0.29) is 36.5 Å². The molecule has 0 saturated heterocycles. The van der Waals surface area contributed by atoms with Crippen LogP contribution in [-0.2, 0) is 9.59 Å². The molecule has 0 aliphatic carbocycles. The van der Waals surface area contributed by atoms with Crippen molar-refractivity contribution in [3.8, 4) is 0 Å². The number of Topliss-reactive ketones (excluding diaryl/α,β-unsaturated/α-hetero) is 2.